The number of halogens is 1. The van der Waals surface area contributed by atoms with Crippen molar-refractivity contribution >= 4 is 21.8 Å². The van der Waals surface area contributed by atoms with Crippen molar-refractivity contribution in [3.63, 3.8) is 0 Å². The first-order valence-corrected chi connectivity index (χ1v) is 7.63. The summed E-state index contributed by atoms with van der Waals surface area (Å²) in [5, 5.41) is 12.0. The van der Waals surface area contributed by atoms with E-state index >= 15 is 0 Å². The van der Waals surface area contributed by atoms with E-state index in [0.29, 0.717) is 26.1 Å². The van der Waals surface area contributed by atoms with Gasteiger partial charge in [-0.2, -0.15) is 0 Å². The fourth-order valence-corrected chi connectivity index (χ4v) is 2.96. The first kappa shape index (κ1) is 15.5. The Hall–Kier alpha value is -0.910. The normalized spacial score (nSPS) is 19.4. The summed E-state index contributed by atoms with van der Waals surface area (Å²) in [7, 11) is 0. The van der Waals surface area contributed by atoms with E-state index < -0.39 is 5.41 Å². The lowest BCUT2D eigenvalue weighted by Crippen LogP contribution is -2.51. The molecular weight excluding hydrogens is 322 g/mol. The molecule has 2 rings (SSSR count). The van der Waals surface area contributed by atoms with Crippen LogP contribution in [0.15, 0.2) is 28.7 Å². The van der Waals surface area contributed by atoms with Crippen molar-refractivity contribution < 1.29 is 14.6 Å². The molecular formula is C15H20BrNO3. The Balaban J connectivity index is 2.32. The number of carbonyl (C=O) groups is 1. The van der Waals surface area contributed by atoms with Crippen LogP contribution in [-0.2, 0) is 14.9 Å². The Morgan fingerprint density at radius 3 is 2.80 bits per heavy atom. The minimum Gasteiger partial charge on any atom is -0.394 e. The van der Waals surface area contributed by atoms with E-state index in [1.165, 1.54) is 0 Å². The second kappa shape index (κ2) is 6.70. The number of aliphatic hydroxyl groups excluding tert-OH is 1. The van der Waals surface area contributed by atoms with E-state index in [2.05, 4.69) is 21.2 Å². The summed E-state index contributed by atoms with van der Waals surface area (Å²) >= 11 is 3.46. The molecule has 0 bridgehead atoms. The van der Waals surface area contributed by atoms with Crippen molar-refractivity contribution in [2.24, 2.45) is 0 Å². The standard InChI is InChI=1S/C15H20BrNO3/c1-11(10-18)17-14(19)15(5-7-20-8-6-15)12-3-2-4-13(16)9-12/h2-4,9,11,18H,5-8,10H2,1H3,(H,17,19). The molecule has 1 unspecified atom stereocenters. The van der Waals surface area contributed by atoms with E-state index in [4.69, 9.17) is 9.84 Å². The quantitative estimate of drug-likeness (QED) is 0.880. The third-order valence-electron chi connectivity index (χ3n) is 3.81. The minimum absolute atomic E-state index is 0.0274. The predicted molar refractivity (Wildman–Crippen MR) is 80.6 cm³/mol. The average Bonchev–Trinajstić information content (AvgIpc) is 2.47. The summed E-state index contributed by atoms with van der Waals surface area (Å²) in [5.41, 5.74) is 0.434. The monoisotopic (exact) mass is 341 g/mol. The predicted octanol–water partition coefficient (Wildman–Crippen LogP) is 1.99. The van der Waals surface area contributed by atoms with Gasteiger partial charge < -0.3 is 15.2 Å². The Morgan fingerprint density at radius 1 is 1.50 bits per heavy atom. The highest BCUT2D eigenvalue weighted by Crippen LogP contribution is 2.36. The molecule has 1 heterocycles. The first-order valence-electron chi connectivity index (χ1n) is 6.84. The van der Waals surface area contributed by atoms with E-state index in [1.54, 1.807) is 6.92 Å². The van der Waals surface area contributed by atoms with Gasteiger partial charge in [0, 0.05) is 23.7 Å². The summed E-state index contributed by atoms with van der Waals surface area (Å²) < 4.78 is 6.38. The van der Waals surface area contributed by atoms with Gasteiger partial charge in [-0.25, -0.2) is 0 Å². The third-order valence-corrected chi connectivity index (χ3v) is 4.30. The lowest BCUT2D eigenvalue weighted by Gasteiger charge is -2.37. The molecule has 2 N–H and O–H groups in total. The van der Waals surface area contributed by atoms with Crippen molar-refractivity contribution in [2.45, 2.75) is 31.2 Å². The molecule has 0 aliphatic carbocycles. The first-order chi connectivity index (χ1) is 9.58. The Kier molecular flexibility index (Phi) is 5.18. The van der Waals surface area contributed by atoms with Crippen LogP contribution in [0.4, 0.5) is 0 Å². The zero-order valence-corrected chi connectivity index (χ0v) is 13.1. The summed E-state index contributed by atoms with van der Waals surface area (Å²) in [6.07, 6.45) is 1.32. The number of rotatable bonds is 4. The summed E-state index contributed by atoms with van der Waals surface area (Å²) in [5.74, 6) is -0.0274. The van der Waals surface area contributed by atoms with Gasteiger partial charge in [-0.05, 0) is 37.5 Å². The molecule has 1 saturated heterocycles. The molecule has 1 fully saturated rings. The van der Waals surface area contributed by atoms with Gasteiger partial charge in [-0.15, -0.1) is 0 Å². The molecule has 1 aliphatic heterocycles. The Labute approximate surface area is 127 Å². The summed E-state index contributed by atoms with van der Waals surface area (Å²) in [6, 6.07) is 7.63. The molecule has 1 aliphatic rings. The Morgan fingerprint density at radius 2 is 2.20 bits per heavy atom. The third kappa shape index (κ3) is 3.22. The highest BCUT2D eigenvalue weighted by Gasteiger charge is 2.42. The molecule has 1 aromatic carbocycles. The number of aliphatic hydroxyl groups is 1. The molecule has 0 aromatic heterocycles. The van der Waals surface area contributed by atoms with Gasteiger partial charge in [0.05, 0.1) is 12.0 Å². The fourth-order valence-electron chi connectivity index (χ4n) is 2.56. The maximum Gasteiger partial charge on any atom is 0.231 e. The molecule has 4 nitrogen and oxygen atoms in total. The zero-order valence-electron chi connectivity index (χ0n) is 11.6. The number of carbonyl (C=O) groups excluding carboxylic acids is 1. The Bertz CT molecular complexity index is 472. The van der Waals surface area contributed by atoms with E-state index in [0.717, 1.165) is 10.0 Å². The van der Waals surface area contributed by atoms with Gasteiger partial charge in [0.25, 0.3) is 0 Å². The van der Waals surface area contributed by atoms with Crippen molar-refractivity contribution in [1.82, 2.24) is 5.32 Å². The van der Waals surface area contributed by atoms with E-state index in [-0.39, 0.29) is 18.6 Å². The number of amides is 1. The van der Waals surface area contributed by atoms with Crippen LogP contribution < -0.4 is 5.32 Å². The maximum atomic E-state index is 12.7. The van der Waals surface area contributed by atoms with Gasteiger partial charge in [-0.3, -0.25) is 4.79 Å². The molecule has 1 amide bonds. The number of hydrogen-bond acceptors (Lipinski definition) is 3. The number of nitrogens with one attached hydrogen (secondary N) is 1. The van der Waals surface area contributed by atoms with Crippen LogP contribution in [0.1, 0.15) is 25.3 Å². The lowest BCUT2D eigenvalue weighted by molar-refractivity contribution is -0.131. The van der Waals surface area contributed by atoms with Gasteiger partial charge in [-0.1, -0.05) is 28.1 Å². The molecule has 5 heteroatoms. The van der Waals surface area contributed by atoms with Gasteiger partial charge in [0.1, 0.15) is 0 Å². The highest BCUT2D eigenvalue weighted by atomic mass is 79.9. The van der Waals surface area contributed by atoms with Gasteiger partial charge in [0.2, 0.25) is 5.91 Å². The number of benzene rings is 1. The second-order valence-electron chi connectivity index (χ2n) is 5.26. The van der Waals surface area contributed by atoms with Crippen molar-refractivity contribution in [3.05, 3.63) is 34.3 Å². The fraction of sp³-hybridized carbons (Fsp3) is 0.533. The van der Waals surface area contributed by atoms with E-state index in [9.17, 15) is 4.79 Å². The zero-order chi connectivity index (χ0) is 14.6. The van der Waals surface area contributed by atoms with Gasteiger partial charge >= 0.3 is 0 Å². The molecule has 110 valence electrons. The molecule has 0 spiro atoms. The average molecular weight is 342 g/mol. The van der Waals surface area contributed by atoms with Crippen LogP contribution in [0.5, 0.6) is 0 Å². The minimum atomic E-state index is -0.564. The van der Waals surface area contributed by atoms with Crippen LogP contribution in [0.3, 0.4) is 0 Å². The summed E-state index contributed by atoms with van der Waals surface area (Å²) in [4.78, 5) is 12.7. The van der Waals surface area contributed by atoms with Crippen LogP contribution >= 0.6 is 15.9 Å². The van der Waals surface area contributed by atoms with Crippen molar-refractivity contribution in [1.29, 1.82) is 0 Å². The molecule has 0 saturated carbocycles. The highest BCUT2D eigenvalue weighted by molar-refractivity contribution is 9.10. The maximum absolute atomic E-state index is 12.7. The van der Waals surface area contributed by atoms with Gasteiger partial charge in [0.15, 0.2) is 0 Å². The molecule has 1 aromatic rings. The molecule has 20 heavy (non-hydrogen) atoms. The van der Waals surface area contributed by atoms with Crippen LogP contribution in [0, 0.1) is 0 Å². The SMILES string of the molecule is CC(CO)NC(=O)C1(c2cccc(Br)c2)CCOCC1. The molecule has 0 radical (unpaired) electrons. The summed E-state index contributed by atoms with van der Waals surface area (Å²) in [6.45, 7) is 2.89. The van der Waals surface area contributed by atoms with E-state index in [1.807, 2.05) is 24.3 Å². The van der Waals surface area contributed by atoms with Crippen LogP contribution in [-0.4, -0.2) is 36.9 Å². The van der Waals surface area contributed by atoms with Crippen molar-refractivity contribution in [2.75, 3.05) is 19.8 Å². The van der Waals surface area contributed by atoms with Crippen LogP contribution in [0.2, 0.25) is 0 Å². The second-order valence-corrected chi connectivity index (χ2v) is 6.18. The topological polar surface area (TPSA) is 58.6 Å². The number of hydrogen-bond donors (Lipinski definition) is 2. The molecule has 1 atom stereocenters. The smallest absolute Gasteiger partial charge is 0.231 e. The van der Waals surface area contributed by atoms with Crippen molar-refractivity contribution in [3.8, 4) is 0 Å². The van der Waals surface area contributed by atoms with Crippen LogP contribution in [0.25, 0.3) is 0 Å². The number of ether oxygens (including phenoxy) is 1. The lowest BCUT2D eigenvalue weighted by atomic mass is 9.73. The largest absolute Gasteiger partial charge is 0.394 e.